The van der Waals surface area contributed by atoms with Crippen molar-refractivity contribution in [1.82, 2.24) is 4.98 Å². The van der Waals surface area contributed by atoms with E-state index >= 15 is 0 Å². The summed E-state index contributed by atoms with van der Waals surface area (Å²) in [6.07, 6.45) is 4.04. The number of carbonyl (C=O) groups excluding carboxylic acids is 1. The lowest BCUT2D eigenvalue weighted by Crippen LogP contribution is -2.19. The summed E-state index contributed by atoms with van der Waals surface area (Å²) >= 11 is 3.46. The molecule has 2 N–H and O–H groups in total. The Kier molecular flexibility index (Phi) is 5.48. The second kappa shape index (κ2) is 7.77. The van der Waals surface area contributed by atoms with E-state index in [9.17, 15) is 4.79 Å². The predicted octanol–water partition coefficient (Wildman–Crippen LogP) is 4.00. The maximum Gasteiger partial charge on any atom is 0.257 e. The van der Waals surface area contributed by atoms with Crippen LogP contribution in [0.15, 0.2) is 41.0 Å². The van der Waals surface area contributed by atoms with Crippen molar-refractivity contribution in [2.24, 2.45) is 0 Å². The van der Waals surface area contributed by atoms with E-state index in [0.29, 0.717) is 5.56 Å². The van der Waals surface area contributed by atoms with Crippen LogP contribution in [-0.2, 0) is 4.74 Å². The Morgan fingerprint density at radius 3 is 2.92 bits per heavy atom. The van der Waals surface area contributed by atoms with Crippen molar-refractivity contribution in [3.63, 3.8) is 0 Å². The van der Waals surface area contributed by atoms with Gasteiger partial charge >= 0.3 is 0 Å². The quantitative estimate of drug-likeness (QED) is 0.810. The number of hydrogen-bond donors (Lipinski definition) is 2. The van der Waals surface area contributed by atoms with E-state index in [1.165, 1.54) is 0 Å². The number of pyridine rings is 1. The summed E-state index contributed by atoms with van der Waals surface area (Å²) in [6.45, 7) is 3.59. The van der Waals surface area contributed by atoms with Crippen molar-refractivity contribution >= 4 is 33.3 Å². The third-order valence-corrected chi connectivity index (χ3v) is 4.59. The van der Waals surface area contributed by atoms with Gasteiger partial charge < -0.3 is 15.4 Å². The lowest BCUT2D eigenvalue weighted by molar-refractivity contribution is 0.102. The first-order valence-corrected chi connectivity index (χ1v) is 8.80. The normalized spacial score (nSPS) is 16.8. The van der Waals surface area contributed by atoms with E-state index in [1.807, 2.05) is 31.2 Å². The molecule has 1 aromatic carbocycles. The van der Waals surface area contributed by atoms with Crippen molar-refractivity contribution in [1.29, 1.82) is 0 Å². The van der Waals surface area contributed by atoms with Crippen LogP contribution < -0.4 is 10.6 Å². The largest absolute Gasteiger partial charge is 0.376 e. The zero-order valence-corrected chi connectivity index (χ0v) is 15.1. The number of halogens is 1. The molecule has 2 aromatic rings. The molecular weight excluding hydrogens is 370 g/mol. The first-order chi connectivity index (χ1) is 11.6. The molecule has 126 valence electrons. The maximum atomic E-state index is 12.3. The molecule has 0 saturated carbocycles. The molecule has 0 bridgehead atoms. The molecule has 0 aliphatic carbocycles. The standard InChI is InChI=1S/C18H20BrN3O2/c1-12-4-6-16(15(19)9-12)22-18(23)13-5-7-17(20-10-13)21-11-14-3-2-8-24-14/h4-7,9-10,14H,2-3,8,11H2,1H3,(H,20,21)(H,22,23). The van der Waals surface area contributed by atoms with Gasteiger partial charge in [-0.25, -0.2) is 4.98 Å². The van der Waals surface area contributed by atoms with Crippen LogP contribution in [0.4, 0.5) is 11.5 Å². The van der Waals surface area contributed by atoms with Crippen LogP contribution >= 0.6 is 15.9 Å². The van der Waals surface area contributed by atoms with E-state index in [-0.39, 0.29) is 12.0 Å². The number of ether oxygens (including phenoxy) is 1. The van der Waals surface area contributed by atoms with E-state index < -0.39 is 0 Å². The van der Waals surface area contributed by atoms with Crippen molar-refractivity contribution < 1.29 is 9.53 Å². The van der Waals surface area contributed by atoms with Crippen molar-refractivity contribution in [3.8, 4) is 0 Å². The number of hydrogen-bond acceptors (Lipinski definition) is 4. The molecule has 1 atom stereocenters. The summed E-state index contributed by atoms with van der Waals surface area (Å²) in [4.78, 5) is 16.6. The molecule has 5 nitrogen and oxygen atoms in total. The van der Waals surface area contributed by atoms with Gasteiger partial charge in [-0.3, -0.25) is 4.79 Å². The fourth-order valence-corrected chi connectivity index (χ4v) is 3.16. The summed E-state index contributed by atoms with van der Waals surface area (Å²) < 4.78 is 6.42. The molecule has 0 radical (unpaired) electrons. The Morgan fingerprint density at radius 1 is 1.38 bits per heavy atom. The highest BCUT2D eigenvalue weighted by Gasteiger charge is 2.15. The highest BCUT2D eigenvalue weighted by molar-refractivity contribution is 9.10. The summed E-state index contributed by atoms with van der Waals surface area (Å²) in [5.41, 5.74) is 2.39. The Morgan fingerprint density at radius 2 is 2.25 bits per heavy atom. The lowest BCUT2D eigenvalue weighted by atomic mass is 10.2. The number of anilines is 2. The summed E-state index contributed by atoms with van der Waals surface area (Å²) in [5.74, 6) is 0.566. The van der Waals surface area contributed by atoms with Crippen LogP contribution in [0.1, 0.15) is 28.8 Å². The number of aryl methyl sites for hydroxylation is 1. The molecular formula is C18H20BrN3O2. The van der Waals surface area contributed by atoms with E-state index in [1.54, 1.807) is 12.3 Å². The zero-order chi connectivity index (χ0) is 16.9. The molecule has 1 aliphatic rings. The van der Waals surface area contributed by atoms with Crippen LogP contribution in [0.5, 0.6) is 0 Å². The van der Waals surface area contributed by atoms with Crippen molar-refractivity contribution in [2.45, 2.75) is 25.9 Å². The Labute approximate surface area is 149 Å². The van der Waals surface area contributed by atoms with Crippen LogP contribution in [0, 0.1) is 6.92 Å². The van der Waals surface area contributed by atoms with Gasteiger partial charge in [0.05, 0.1) is 17.4 Å². The number of carbonyl (C=O) groups is 1. The zero-order valence-electron chi connectivity index (χ0n) is 13.5. The molecule has 2 heterocycles. The predicted molar refractivity (Wildman–Crippen MR) is 98.5 cm³/mol. The van der Waals surface area contributed by atoms with Crippen LogP contribution in [0.25, 0.3) is 0 Å². The van der Waals surface area contributed by atoms with Gasteiger partial charge in [-0.15, -0.1) is 0 Å². The van der Waals surface area contributed by atoms with Gasteiger partial charge in [0.25, 0.3) is 5.91 Å². The van der Waals surface area contributed by atoms with Crippen molar-refractivity contribution in [2.75, 3.05) is 23.8 Å². The monoisotopic (exact) mass is 389 g/mol. The molecule has 1 unspecified atom stereocenters. The first kappa shape index (κ1) is 16.9. The lowest BCUT2D eigenvalue weighted by Gasteiger charge is -2.12. The second-order valence-electron chi connectivity index (χ2n) is 5.89. The fourth-order valence-electron chi connectivity index (χ4n) is 2.57. The van der Waals surface area contributed by atoms with Crippen LogP contribution in [0.2, 0.25) is 0 Å². The Bertz CT molecular complexity index is 713. The minimum atomic E-state index is -0.183. The number of nitrogens with zero attached hydrogens (tertiary/aromatic N) is 1. The molecule has 3 rings (SSSR count). The number of aromatic nitrogens is 1. The Hall–Kier alpha value is -1.92. The average molecular weight is 390 g/mol. The SMILES string of the molecule is Cc1ccc(NC(=O)c2ccc(NCC3CCCO3)nc2)c(Br)c1. The third-order valence-electron chi connectivity index (χ3n) is 3.93. The second-order valence-corrected chi connectivity index (χ2v) is 6.74. The molecule has 24 heavy (non-hydrogen) atoms. The van der Waals surface area contributed by atoms with Gasteiger partial charge in [0, 0.05) is 23.8 Å². The topological polar surface area (TPSA) is 63.2 Å². The molecule has 1 amide bonds. The molecule has 1 fully saturated rings. The third kappa shape index (κ3) is 4.33. The van der Waals surface area contributed by atoms with Crippen molar-refractivity contribution in [3.05, 3.63) is 52.1 Å². The van der Waals surface area contributed by atoms with E-state index in [4.69, 9.17) is 4.74 Å². The summed E-state index contributed by atoms with van der Waals surface area (Å²) in [7, 11) is 0. The van der Waals surface area contributed by atoms with Gasteiger partial charge in [-0.1, -0.05) is 6.07 Å². The number of nitrogens with one attached hydrogen (secondary N) is 2. The van der Waals surface area contributed by atoms with Gasteiger partial charge in [-0.2, -0.15) is 0 Å². The van der Waals surface area contributed by atoms with Crippen LogP contribution in [-0.4, -0.2) is 30.1 Å². The number of amides is 1. The number of benzene rings is 1. The molecule has 1 aliphatic heterocycles. The van der Waals surface area contributed by atoms with Gasteiger partial charge in [-0.05, 0) is 65.5 Å². The highest BCUT2D eigenvalue weighted by atomic mass is 79.9. The molecule has 0 spiro atoms. The molecule has 6 heteroatoms. The minimum absolute atomic E-state index is 0.183. The highest BCUT2D eigenvalue weighted by Crippen LogP contribution is 2.24. The van der Waals surface area contributed by atoms with E-state index in [2.05, 4.69) is 31.5 Å². The smallest absolute Gasteiger partial charge is 0.257 e. The van der Waals surface area contributed by atoms with Gasteiger partial charge in [0.2, 0.25) is 0 Å². The summed E-state index contributed by atoms with van der Waals surface area (Å²) in [6, 6.07) is 9.38. The van der Waals surface area contributed by atoms with Crippen LogP contribution in [0.3, 0.4) is 0 Å². The molecule has 1 aromatic heterocycles. The van der Waals surface area contributed by atoms with Gasteiger partial charge in [0.15, 0.2) is 0 Å². The average Bonchev–Trinajstić information content (AvgIpc) is 3.09. The summed E-state index contributed by atoms with van der Waals surface area (Å²) in [5, 5.41) is 6.13. The fraction of sp³-hybridized carbons (Fsp3) is 0.333. The van der Waals surface area contributed by atoms with Gasteiger partial charge in [0.1, 0.15) is 5.82 Å². The molecule has 1 saturated heterocycles. The first-order valence-electron chi connectivity index (χ1n) is 8.01. The maximum absolute atomic E-state index is 12.3. The Balaban J connectivity index is 1.58. The number of rotatable bonds is 5. The van der Waals surface area contributed by atoms with E-state index in [0.717, 1.165) is 47.5 Å². The minimum Gasteiger partial charge on any atom is -0.376 e.